The topological polar surface area (TPSA) is 118 Å². The van der Waals surface area contributed by atoms with Gasteiger partial charge in [-0.1, -0.05) is 54.1 Å². The van der Waals surface area contributed by atoms with Crippen LogP contribution in [0.4, 0.5) is 17.1 Å². The number of hydrogen-bond acceptors (Lipinski definition) is 11. The normalized spacial score (nSPS) is 25.5. The number of carbonyl (C=O) groups excluding carboxylic acids is 2. The predicted octanol–water partition coefficient (Wildman–Crippen LogP) is 4.14. The van der Waals surface area contributed by atoms with Gasteiger partial charge in [-0.2, -0.15) is 0 Å². The number of ether oxygens (including phenoxy) is 2. The number of cyclic esters (lactones) is 1. The molecule has 11 nitrogen and oxygen atoms in total. The molecule has 2 saturated heterocycles. The Morgan fingerprint density at radius 1 is 1.10 bits per heavy atom. The van der Waals surface area contributed by atoms with Gasteiger partial charge >= 0.3 is 11.9 Å². The van der Waals surface area contributed by atoms with Gasteiger partial charge in [0.05, 0.1) is 22.3 Å². The van der Waals surface area contributed by atoms with E-state index >= 15 is 0 Å². The third kappa shape index (κ3) is 3.43. The molecule has 206 valence electrons. The maximum absolute atomic E-state index is 14.0. The molecular formula is C29H23N5O6S. The second-order valence-corrected chi connectivity index (χ2v) is 11.3. The fourth-order valence-electron chi connectivity index (χ4n) is 5.91. The SMILES string of the molecule is Cc1ccc(N2[C@@H]3C=CS[C@@]34COC(=O)[C@]43N(c4ccc([N+](=O)[O-])cc4)N=C(C(=O)OCc4ccccc4)N23)cc1. The van der Waals surface area contributed by atoms with Crippen LogP contribution in [-0.4, -0.2) is 50.8 Å². The van der Waals surface area contributed by atoms with Gasteiger partial charge in [0.2, 0.25) is 0 Å². The number of nitro benzene ring substituents is 1. The first kappa shape index (κ1) is 25.1. The number of amidine groups is 1. The summed E-state index contributed by atoms with van der Waals surface area (Å²) in [5.74, 6) is -1.40. The van der Waals surface area contributed by atoms with Crippen molar-refractivity contribution in [3.8, 4) is 0 Å². The number of hydrogen-bond donors (Lipinski definition) is 0. The summed E-state index contributed by atoms with van der Waals surface area (Å²) >= 11 is 1.45. The summed E-state index contributed by atoms with van der Waals surface area (Å²) in [5, 5.41) is 23.0. The van der Waals surface area contributed by atoms with Gasteiger partial charge in [-0.15, -0.1) is 16.9 Å². The van der Waals surface area contributed by atoms with Crippen LogP contribution in [0.5, 0.6) is 0 Å². The zero-order valence-corrected chi connectivity index (χ0v) is 22.6. The first-order valence-electron chi connectivity index (χ1n) is 12.9. The molecule has 0 N–H and O–H groups in total. The summed E-state index contributed by atoms with van der Waals surface area (Å²) in [6.07, 6.45) is 1.99. The lowest BCUT2D eigenvalue weighted by atomic mass is 9.88. The van der Waals surface area contributed by atoms with Gasteiger partial charge in [-0.3, -0.25) is 15.1 Å². The van der Waals surface area contributed by atoms with Gasteiger partial charge in [0.15, 0.2) is 0 Å². The number of nitro groups is 1. The van der Waals surface area contributed by atoms with Gasteiger partial charge in [0, 0.05) is 12.1 Å². The number of carbonyl (C=O) groups is 2. The first-order valence-corrected chi connectivity index (χ1v) is 13.8. The minimum absolute atomic E-state index is 0.00919. The first-order chi connectivity index (χ1) is 19.9. The van der Waals surface area contributed by atoms with E-state index in [-0.39, 0.29) is 30.8 Å². The molecule has 4 aliphatic rings. The smallest absolute Gasteiger partial charge is 0.378 e. The van der Waals surface area contributed by atoms with Gasteiger partial charge in [0.1, 0.15) is 18.0 Å². The van der Waals surface area contributed by atoms with E-state index in [9.17, 15) is 19.7 Å². The summed E-state index contributed by atoms with van der Waals surface area (Å²) in [6, 6.07) is 22.4. The van der Waals surface area contributed by atoms with Crippen molar-refractivity contribution in [1.29, 1.82) is 0 Å². The standard InChI is InChI=1S/C29H23N5O6S/c1-19-7-9-21(10-8-19)31-24-15-16-41-28(24)18-40-27(36)29(28)32(22-11-13-23(14-12-22)34(37)38)30-25(33(29)31)26(35)39-17-20-5-3-2-4-6-20/h2-16,24H,17-18H2,1H3/t24-,28+,29-/m1/s1. The molecule has 0 bridgehead atoms. The fraction of sp³-hybridized carbons (Fsp3) is 0.207. The zero-order valence-electron chi connectivity index (χ0n) is 21.7. The number of thioether (sulfide) groups is 1. The summed E-state index contributed by atoms with van der Waals surface area (Å²) in [7, 11) is 0. The molecule has 0 saturated carbocycles. The average molecular weight is 570 g/mol. The highest BCUT2D eigenvalue weighted by Crippen LogP contribution is 2.63. The number of non-ortho nitro benzene ring substituents is 1. The van der Waals surface area contributed by atoms with Crippen molar-refractivity contribution in [2.75, 3.05) is 16.6 Å². The van der Waals surface area contributed by atoms with E-state index in [0.717, 1.165) is 16.8 Å². The molecule has 0 radical (unpaired) electrons. The van der Waals surface area contributed by atoms with E-state index in [1.807, 2.05) is 78.0 Å². The maximum atomic E-state index is 14.0. The molecule has 3 atom stereocenters. The van der Waals surface area contributed by atoms with Gasteiger partial charge in [-0.25, -0.2) is 19.6 Å². The van der Waals surface area contributed by atoms with Crippen LogP contribution >= 0.6 is 11.8 Å². The third-order valence-electron chi connectivity index (χ3n) is 7.80. The second kappa shape index (κ2) is 9.10. The zero-order chi connectivity index (χ0) is 28.4. The maximum Gasteiger partial charge on any atom is 0.378 e. The lowest BCUT2D eigenvalue weighted by molar-refractivity contribution is -0.384. The highest BCUT2D eigenvalue weighted by atomic mass is 32.2. The van der Waals surface area contributed by atoms with Crippen molar-refractivity contribution >= 4 is 46.6 Å². The number of anilines is 2. The van der Waals surface area contributed by atoms with Crippen molar-refractivity contribution in [3.63, 3.8) is 0 Å². The number of hydrazine groups is 1. The molecule has 2 spiro atoms. The van der Waals surface area contributed by atoms with Crippen molar-refractivity contribution in [3.05, 3.63) is 112 Å². The summed E-state index contributed by atoms with van der Waals surface area (Å²) in [6.45, 7) is 2.06. The lowest BCUT2D eigenvalue weighted by Crippen LogP contribution is -2.67. The van der Waals surface area contributed by atoms with Crippen molar-refractivity contribution in [2.24, 2.45) is 5.10 Å². The van der Waals surface area contributed by atoms with Crippen LogP contribution in [0, 0.1) is 17.0 Å². The summed E-state index contributed by atoms with van der Waals surface area (Å²) in [4.78, 5) is 38.7. The number of nitrogens with zero attached hydrogens (tertiary/aromatic N) is 5. The molecule has 4 heterocycles. The molecule has 0 amide bonds. The molecule has 7 rings (SSSR count). The predicted molar refractivity (Wildman–Crippen MR) is 152 cm³/mol. The van der Waals surface area contributed by atoms with Crippen LogP contribution in [-0.2, 0) is 25.7 Å². The van der Waals surface area contributed by atoms with Crippen LogP contribution < -0.4 is 10.0 Å². The van der Waals surface area contributed by atoms with Crippen LogP contribution in [0.3, 0.4) is 0 Å². The van der Waals surface area contributed by atoms with E-state index in [4.69, 9.17) is 14.6 Å². The number of hydrazone groups is 1. The fourth-order valence-corrected chi connectivity index (χ4v) is 7.24. The number of aryl methyl sites for hydroxylation is 1. The van der Waals surface area contributed by atoms with E-state index in [1.165, 1.54) is 41.0 Å². The van der Waals surface area contributed by atoms with Gasteiger partial charge in [-0.05, 0) is 42.2 Å². The minimum Gasteiger partial charge on any atom is -0.461 e. The Hall–Kier alpha value is -4.84. The van der Waals surface area contributed by atoms with E-state index < -0.39 is 27.3 Å². The molecule has 0 aliphatic carbocycles. The number of rotatable bonds is 6. The Balaban J connectivity index is 1.39. The number of benzene rings is 3. The largest absolute Gasteiger partial charge is 0.461 e. The number of esters is 2. The summed E-state index contributed by atoms with van der Waals surface area (Å²) in [5.41, 5.74) is 1.28. The van der Waals surface area contributed by atoms with Crippen LogP contribution in [0.25, 0.3) is 0 Å². The second-order valence-electron chi connectivity index (χ2n) is 10.1. The third-order valence-corrected chi connectivity index (χ3v) is 9.15. The summed E-state index contributed by atoms with van der Waals surface area (Å²) < 4.78 is 10.6. The molecule has 12 heteroatoms. The highest BCUT2D eigenvalue weighted by molar-refractivity contribution is 8.04. The van der Waals surface area contributed by atoms with E-state index in [0.29, 0.717) is 5.69 Å². The Labute approximate surface area is 238 Å². The molecular weight excluding hydrogens is 546 g/mol. The van der Waals surface area contributed by atoms with Gasteiger partial charge < -0.3 is 9.47 Å². The van der Waals surface area contributed by atoms with Crippen LogP contribution in [0.15, 0.2) is 95.4 Å². The minimum atomic E-state index is -1.60. The Kier molecular flexibility index (Phi) is 5.58. The molecule has 0 unspecified atom stereocenters. The molecule has 0 aromatic heterocycles. The molecule has 3 aromatic rings. The van der Waals surface area contributed by atoms with E-state index in [2.05, 4.69) is 0 Å². The molecule has 3 aromatic carbocycles. The van der Waals surface area contributed by atoms with Crippen molar-refractivity contribution in [2.45, 2.75) is 30.0 Å². The Bertz CT molecular complexity index is 1630. The van der Waals surface area contributed by atoms with Gasteiger partial charge in [0.25, 0.3) is 17.2 Å². The molecule has 2 fully saturated rings. The quantitative estimate of drug-likeness (QED) is 0.244. The van der Waals surface area contributed by atoms with Crippen molar-refractivity contribution < 1.29 is 24.0 Å². The van der Waals surface area contributed by atoms with Crippen LogP contribution in [0.2, 0.25) is 0 Å². The molecule has 41 heavy (non-hydrogen) atoms. The van der Waals surface area contributed by atoms with Crippen LogP contribution in [0.1, 0.15) is 11.1 Å². The highest BCUT2D eigenvalue weighted by Gasteiger charge is 2.83. The Morgan fingerprint density at radius 3 is 2.51 bits per heavy atom. The lowest BCUT2D eigenvalue weighted by Gasteiger charge is -2.40. The molecule has 4 aliphatic heterocycles. The van der Waals surface area contributed by atoms with E-state index in [1.54, 1.807) is 5.01 Å². The monoisotopic (exact) mass is 569 g/mol. The average Bonchev–Trinajstić information content (AvgIpc) is 3.70. The van der Waals surface area contributed by atoms with Crippen molar-refractivity contribution in [1.82, 2.24) is 5.01 Å². The Morgan fingerprint density at radius 2 is 1.80 bits per heavy atom.